The number of rotatable bonds is 16. The van der Waals surface area contributed by atoms with Crippen molar-refractivity contribution in [3.8, 4) is 0 Å². The lowest BCUT2D eigenvalue weighted by atomic mass is 10.4. The van der Waals surface area contributed by atoms with Gasteiger partial charge in [0.2, 0.25) is 0 Å². The zero-order valence-electron chi connectivity index (χ0n) is 14.4. The van der Waals surface area contributed by atoms with E-state index in [2.05, 4.69) is 13.8 Å². The first kappa shape index (κ1) is 24.0. The highest BCUT2D eigenvalue weighted by Gasteiger charge is 1.89. The molecule has 0 saturated heterocycles. The summed E-state index contributed by atoms with van der Waals surface area (Å²) in [6.45, 7) is 9.34. The average molecular weight is 324 g/mol. The smallest absolute Gasteiger partial charge is 0.0701 e. The summed E-state index contributed by atoms with van der Waals surface area (Å²) in [7, 11) is 0. The van der Waals surface area contributed by atoms with Gasteiger partial charge in [-0.15, -0.1) is 0 Å². The monoisotopic (exact) mass is 324 g/mol. The van der Waals surface area contributed by atoms with Gasteiger partial charge in [-0.2, -0.15) is 0 Å². The second-order valence-electron chi connectivity index (χ2n) is 4.60. The van der Waals surface area contributed by atoms with Gasteiger partial charge in [0.1, 0.15) is 0 Å². The molecule has 0 saturated carbocycles. The molecule has 0 aliphatic carbocycles. The Labute approximate surface area is 135 Å². The summed E-state index contributed by atoms with van der Waals surface area (Å²) in [5, 5.41) is 16.5. The third-order valence-corrected chi connectivity index (χ3v) is 2.50. The van der Waals surface area contributed by atoms with Crippen LogP contribution in [0.25, 0.3) is 0 Å². The van der Waals surface area contributed by atoms with E-state index in [-0.39, 0.29) is 13.2 Å². The standard InChI is InChI=1S/C10H22O2.C6H14O4/c1-3-5-7-11-9-10-12-8-6-4-2;7-1-3-9-5-6-10-4-2-8/h3-10H2,1-2H3;7-8H,1-6H2. The topological polar surface area (TPSA) is 77.4 Å². The highest BCUT2D eigenvalue weighted by molar-refractivity contribution is 4.35. The number of hydrogen-bond donors (Lipinski definition) is 2. The molecule has 2 N–H and O–H groups in total. The van der Waals surface area contributed by atoms with Gasteiger partial charge in [-0.05, 0) is 12.8 Å². The molecule has 0 aromatic carbocycles. The van der Waals surface area contributed by atoms with E-state index in [1.807, 2.05) is 0 Å². The van der Waals surface area contributed by atoms with Crippen molar-refractivity contribution in [1.29, 1.82) is 0 Å². The molecule has 0 radical (unpaired) electrons. The highest BCUT2D eigenvalue weighted by atomic mass is 16.5. The minimum atomic E-state index is 0.0417. The van der Waals surface area contributed by atoms with Gasteiger partial charge < -0.3 is 29.2 Å². The molecule has 22 heavy (non-hydrogen) atoms. The molecule has 6 nitrogen and oxygen atoms in total. The van der Waals surface area contributed by atoms with E-state index in [0.717, 1.165) is 39.3 Å². The van der Waals surface area contributed by atoms with Gasteiger partial charge in [0.15, 0.2) is 0 Å². The molecule has 0 aliphatic heterocycles. The van der Waals surface area contributed by atoms with Gasteiger partial charge in [-0.25, -0.2) is 0 Å². The van der Waals surface area contributed by atoms with Crippen molar-refractivity contribution in [3.05, 3.63) is 0 Å². The Bertz CT molecular complexity index is 151. The van der Waals surface area contributed by atoms with E-state index in [1.54, 1.807) is 0 Å². The second-order valence-corrected chi connectivity index (χ2v) is 4.60. The summed E-state index contributed by atoms with van der Waals surface area (Å²) in [6.07, 6.45) is 4.73. The maximum absolute atomic E-state index is 8.26. The predicted octanol–water partition coefficient (Wildman–Crippen LogP) is 1.62. The van der Waals surface area contributed by atoms with E-state index in [9.17, 15) is 0 Å². The van der Waals surface area contributed by atoms with Crippen LogP contribution >= 0.6 is 0 Å². The number of unbranched alkanes of at least 4 members (excludes halogenated alkanes) is 2. The fourth-order valence-electron chi connectivity index (χ4n) is 1.27. The summed E-state index contributed by atoms with van der Waals surface area (Å²) in [5.41, 5.74) is 0. The SMILES string of the molecule is CCCCOCCOCCCC.OCCOCCOCCO. The van der Waals surface area contributed by atoms with Crippen LogP contribution in [0.3, 0.4) is 0 Å². The van der Waals surface area contributed by atoms with Crippen molar-refractivity contribution < 1.29 is 29.2 Å². The molecule has 0 amide bonds. The van der Waals surface area contributed by atoms with Crippen LogP contribution in [-0.4, -0.2) is 76.3 Å². The third kappa shape index (κ3) is 28.0. The lowest BCUT2D eigenvalue weighted by molar-refractivity contribution is 0.0222. The molecule has 0 heterocycles. The minimum absolute atomic E-state index is 0.0417. The van der Waals surface area contributed by atoms with Crippen LogP contribution in [0, 0.1) is 0 Å². The van der Waals surface area contributed by atoms with Gasteiger partial charge >= 0.3 is 0 Å². The van der Waals surface area contributed by atoms with Crippen LogP contribution in [-0.2, 0) is 18.9 Å². The van der Waals surface area contributed by atoms with Crippen LogP contribution in [0.1, 0.15) is 39.5 Å². The summed E-state index contributed by atoms with van der Waals surface area (Å²) in [4.78, 5) is 0. The summed E-state index contributed by atoms with van der Waals surface area (Å²) >= 11 is 0. The number of hydrogen-bond acceptors (Lipinski definition) is 6. The van der Waals surface area contributed by atoms with Crippen LogP contribution < -0.4 is 0 Å². The van der Waals surface area contributed by atoms with E-state index < -0.39 is 0 Å². The molecule has 0 aromatic heterocycles. The second kappa shape index (κ2) is 25.7. The summed E-state index contributed by atoms with van der Waals surface area (Å²) in [6, 6.07) is 0. The number of aliphatic hydroxyl groups excluding tert-OH is 2. The Balaban J connectivity index is 0. The largest absolute Gasteiger partial charge is 0.394 e. The van der Waals surface area contributed by atoms with E-state index in [1.165, 1.54) is 12.8 Å². The quantitative estimate of drug-likeness (QED) is 0.420. The van der Waals surface area contributed by atoms with Crippen molar-refractivity contribution in [2.24, 2.45) is 0 Å². The average Bonchev–Trinajstić information content (AvgIpc) is 2.54. The maximum Gasteiger partial charge on any atom is 0.0701 e. The lowest BCUT2D eigenvalue weighted by Crippen LogP contribution is -2.09. The minimum Gasteiger partial charge on any atom is -0.394 e. The fourth-order valence-corrected chi connectivity index (χ4v) is 1.27. The van der Waals surface area contributed by atoms with Crippen LogP contribution in [0.5, 0.6) is 0 Å². The first-order valence-corrected chi connectivity index (χ1v) is 8.36. The molecule has 0 aromatic rings. The number of aliphatic hydroxyl groups is 2. The highest BCUT2D eigenvalue weighted by Crippen LogP contribution is 1.90. The van der Waals surface area contributed by atoms with Crippen LogP contribution in [0.4, 0.5) is 0 Å². The van der Waals surface area contributed by atoms with Gasteiger partial charge in [0, 0.05) is 13.2 Å². The van der Waals surface area contributed by atoms with E-state index in [0.29, 0.717) is 26.4 Å². The number of ether oxygens (including phenoxy) is 4. The van der Waals surface area contributed by atoms with Crippen molar-refractivity contribution in [1.82, 2.24) is 0 Å². The van der Waals surface area contributed by atoms with Crippen LogP contribution in [0.15, 0.2) is 0 Å². The summed E-state index contributed by atoms with van der Waals surface area (Å²) < 4.78 is 20.4. The van der Waals surface area contributed by atoms with Crippen LogP contribution in [0.2, 0.25) is 0 Å². The molecule has 0 rings (SSSR count). The first-order chi connectivity index (χ1) is 10.8. The fraction of sp³-hybridized carbons (Fsp3) is 1.00. The van der Waals surface area contributed by atoms with Gasteiger partial charge in [0.05, 0.1) is 52.9 Å². The Morgan fingerprint density at radius 2 is 0.818 bits per heavy atom. The first-order valence-electron chi connectivity index (χ1n) is 8.36. The van der Waals surface area contributed by atoms with Gasteiger partial charge in [0.25, 0.3) is 0 Å². The van der Waals surface area contributed by atoms with Gasteiger partial charge in [-0.1, -0.05) is 26.7 Å². The van der Waals surface area contributed by atoms with E-state index in [4.69, 9.17) is 29.2 Å². The Morgan fingerprint density at radius 1 is 0.500 bits per heavy atom. The van der Waals surface area contributed by atoms with Gasteiger partial charge in [-0.3, -0.25) is 0 Å². The zero-order chi connectivity index (χ0) is 16.7. The Morgan fingerprint density at radius 3 is 1.09 bits per heavy atom. The zero-order valence-corrected chi connectivity index (χ0v) is 14.4. The molecule has 0 fully saturated rings. The molecule has 0 unspecified atom stereocenters. The molecule has 136 valence electrons. The molecular formula is C16H36O6. The van der Waals surface area contributed by atoms with Crippen molar-refractivity contribution in [2.75, 3.05) is 66.1 Å². The third-order valence-electron chi connectivity index (χ3n) is 2.50. The van der Waals surface area contributed by atoms with Crippen molar-refractivity contribution >= 4 is 0 Å². The maximum atomic E-state index is 8.26. The Hall–Kier alpha value is -0.240. The lowest BCUT2D eigenvalue weighted by Gasteiger charge is -2.03. The van der Waals surface area contributed by atoms with Crippen molar-refractivity contribution in [3.63, 3.8) is 0 Å². The predicted molar refractivity (Wildman–Crippen MR) is 87.3 cm³/mol. The molecule has 0 atom stereocenters. The van der Waals surface area contributed by atoms with Crippen molar-refractivity contribution in [2.45, 2.75) is 39.5 Å². The summed E-state index contributed by atoms with van der Waals surface area (Å²) in [5.74, 6) is 0. The molecule has 0 aliphatic rings. The molecular weight excluding hydrogens is 288 g/mol. The molecule has 6 heteroatoms. The van der Waals surface area contributed by atoms with E-state index >= 15 is 0 Å². The Kier molecular flexibility index (Phi) is 28.1. The normalized spacial score (nSPS) is 10.4. The molecule has 0 spiro atoms. The molecule has 0 bridgehead atoms.